The van der Waals surface area contributed by atoms with Crippen LogP contribution in [-0.2, 0) is 11.3 Å². The summed E-state index contributed by atoms with van der Waals surface area (Å²) >= 11 is 3.30. The predicted octanol–water partition coefficient (Wildman–Crippen LogP) is 3.47. The standard InChI is InChI=1S/C17H19BrF2N4O3/c1-17(2,3)27-15(25)21-8-11(14(19)20)9-24-16(26)23(10-22-24)13-6-4-5-12(18)7-13/h4-7,10H,8-9H2,1-3H3,(H,21,25). The van der Waals surface area contributed by atoms with Gasteiger partial charge in [-0.25, -0.2) is 18.8 Å². The molecule has 2 aromatic rings. The molecule has 2 rings (SSSR count). The highest BCUT2D eigenvalue weighted by atomic mass is 79.9. The second-order valence-electron chi connectivity index (χ2n) is 6.64. The van der Waals surface area contributed by atoms with Gasteiger partial charge >= 0.3 is 11.8 Å². The van der Waals surface area contributed by atoms with Crippen LogP contribution >= 0.6 is 15.9 Å². The topological polar surface area (TPSA) is 78.2 Å². The van der Waals surface area contributed by atoms with Gasteiger partial charge in [0.15, 0.2) is 0 Å². The molecule has 0 radical (unpaired) electrons. The molecule has 1 N–H and O–H groups in total. The lowest BCUT2D eigenvalue weighted by molar-refractivity contribution is 0.0531. The zero-order chi connectivity index (χ0) is 20.2. The highest BCUT2D eigenvalue weighted by molar-refractivity contribution is 9.10. The lowest BCUT2D eigenvalue weighted by atomic mass is 10.2. The molecule has 7 nitrogen and oxygen atoms in total. The van der Waals surface area contributed by atoms with Gasteiger partial charge in [0.2, 0.25) is 0 Å². The average molecular weight is 445 g/mol. The van der Waals surface area contributed by atoms with E-state index in [-0.39, 0.29) is 0 Å². The molecule has 1 amide bonds. The van der Waals surface area contributed by atoms with Gasteiger partial charge in [0.1, 0.15) is 11.9 Å². The highest BCUT2D eigenvalue weighted by Crippen LogP contribution is 2.14. The van der Waals surface area contributed by atoms with Crippen molar-refractivity contribution in [2.24, 2.45) is 0 Å². The van der Waals surface area contributed by atoms with Crippen LogP contribution in [0.15, 0.2) is 51.5 Å². The lowest BCUT2D eigenvalue weighted by Gasteiger charge is -2.19. The number of alkyl carbamates (subject to hydrolysis) is 1. The highest BCUT2D eigenvalue weighted by Gasteiger charge is 2.18. The molecule has 0 bridgehead atoms. The van der Waals surface area contributed by atoms with Crippen molar-refractivity contribution in [1.82, 2.24) is 19.7 Å². The third kappa shape index (κ3) is 6.02. The van der Waals surface area contributed by atoms with E-state index < -0.39 is 42.1 Å². The molecule has 0 aliphatic rings. The fourth-order valence-electron chi connectivity index (χ4n) is 2.10. The van der Waals surface area contributed by atoms with Gasteiger partial charge in [0.25, 0.3) is 6.08 Å². The number of carbonyl (C=O) groups excluding carboxylic acids is 1. The fourth-order valence-corrected chi connectivity index (χ4v) is 2.49. The van der Waals surface area contributed by atoms with E-state index >= 15 is 0 Å². The van der Waals surface area contributed by atoms with Crippen LogP contribution in [0, 0.1) is 0 Å². The van der Waals surface area contributed by atoms with Crippen molar-refractivity contribution in [1.29, 1.82) is 0 Å². The third-order valence-electron chi connectivity index (χ3n) is 3.27. The molecule has 0 saturated carbocycles. The maximum absolute atomic E-state index is 13.2. The van der Waals surface area contributed by atoms with Crippen molar-refractivity contribution >= 4 is 22.0 Å². The number of nitrogens with one attached hydrogen (secondary N) is 1. The monoisotopic (exact) mass is 444 g/mol. The van der Waals surface area contributed by atoms with E-state index in [1.165, 1.54) is 10.9 Å². The van der Waals surface area contributed by atoms with Gasteiger partial charge < -0.3 is 10.1 Å². The SMILES string of the molecule is CC(C)(C)OC(=O)NCC(Cn1ncn(-c2cccc(Br)c2)c1=O)=C(F)F. The molecule has 1 heterocycles. The Kier molecular flexibility index (Phi) is 6.53. The van der Waals surface area contributed by atoms with Gasteiger partial charge in [-0.15, -0.1) is 0 Å². The summed E-state index contributed by atoms with van der Waals surface area (Å²) in [6.07, 6.45) is -1.57. The first-order valence-electron chi connectivity index (χ1n) is 7.97. The molecule has 0 spiro atoms. The number of hydrogen-bond donors (Lipinski definition) is 1. The zero-order valence-electron chi connectivity index (χ0n) is 15.0. The van der Waals surface area contributed by atoms with E-state index in [9.17, 15) is 18.4 Å². The van der Waals surface area contributed by atoms with Crippen molar-refractivity contribution < 1.29 is 18.3 Å². The first-order valence-corrected chi connectivity index (χ1v) is 8.76. The second-order valence-corrected chi connectivity index (χ2v) is 7.56. The molecule has 1 aromatic heterocycles. The zero-order valence-corrected chi connectivity index (χ0v) is 16.6. The summed E-state index contributed by atoms with van der Waals surface area (Å²) in [7, 11) is 0. The quantitative estimate of drug-likeness (QED) is 0.765. The van der Waals surface area contributed by atoms with Gasteiger partial charge in [0, 0.05) is 16.6 Å². The number of carbonyl (C=O) groups is 1. The van der Waals surface area contributed by atoms with Gasteiger partial charge in [-0.1, -0.05) is 22.0 Å². The molecule has 0 unspecified atom stereocenters. The van der Waals surface area contributed by atoms with E-state index in [1.54, 1.807) is 45.0 Å². The van der Waals surface area contributed by atoms with Crippen molar-refractivity contribution in [3.63, 3.8) is 0 Å². The molecular weight excluding hydrogens is 426 g/mol. The second kappa shape index (κ2) is 8.47. The van der Waals surface area contributed by atoms with Crippen molar-refractivity contribution in [3.05, 3.63) is 57.2 Å². The van der Waals surface area contributed by atoms with E-state index in [0.717, 1.165) is 9.15 Å². The Morgan fingerprint density at radius 3 is 2.63 bits per heavy atom. The number of hydrogen-bond acceptors (Lipinski definition) is 4. The van der Waals surface area contributed by atoms with E-state index in [1.807, 2.05) is 0 Å². The third-order valence-corrected chi connectivity index (χ3v) is 3.77. The first kappa shape index (κ1) is 20.8. The van der Waals surface area contributed by atoms with Crippen LogP contribution < -0.4 is 11.0 Å². The van der Waals surface area contributed by atoms with Crippen molar-refractivity contribution in [2.75, 3.05) is 6.54 Å². The van der Waals surface area contributed by atoms with Crippen LogP contribution in [0.5, 0.6) is 0 Å². The number of ether oxygens (including phenoxy) is 1. The fraction of sp³-hybridized carbons (Fsp3) is 0.353. The number of amides is 1. The predicted molar refractivity (Wildman–Crippen MR) is 99.0 cm³/mol. The Hall–Kier alpha value is -2.49. The van der Waals surface area contributed by atoms with Crippen molar-refractivity contribution in [2.45, 2.75) is 32.9 Å². The van der Waals surface area contributed by atoms with Gasteiger partial charge in [-0.3, -0.25) is 0 Å². The molecule has 0 atom stereocenters. The molecule has 1 aromatic carbocycles. The molecule has 146 valence electrons. The minimum Gasteiger partial charge on any atom is -0.444 e. The molecule has 27 heavy (non-hydrogen) atoms. The first-order chi connectivity index (χ1) is 12.6. The number of rotatable bonds is 5. The Bertz CT molecular complexity index is 911. The van der Waals surface area contributed by atoms with Crippen LogP contribution in [-0.4, -0.2) is 32.6 Å². The molecule has 0 aliphatic heterocycles. The Morgan fingerprint density at radius 1 is 1.33 bits per heavy atom. The van der Waals surface area contributed by atoms with Gasteiger partial charge in [-0.05, 0) is 39.0 Å². The summed E-state index contributed by atoms with van der Waals surface area (Å²) in [6, 6.07) is 6.92. The summed E-state index contributed by atoms with van der Waals surface area (Å²) in [4.78, 5) is 24.1. The molecule has 0 saturated heterocycles. The normalized spacial score (nSPS) is 11.2. The van der Waals surface area contributed by atoms with Crippen LogP contribution in [0.25, 0.3) is 5.69 Å². The number of halogens is 3. The summed E-state index contributed by atoms with van der Waals surface area (Å²) in [5.41, 5.74) is -1.23. The molecule has 10 heteroatoms. The summed E-state index contributed by atoms with van der Waals surface area (Å²) in [5, 5.41) is 6.12. The molecular formula is C17H19BrF2N4O3. The average Bonchev–Trinajstić information content (AvgIpc) is 2.90. The summed E-state index contributed by atoms with van der Waals surface area (Å²) < 4.78 is 34.3. The maximum atomic E-state index is 13.2. The minimum absolute atomic E-state index is 0.442. The lowest BCUT2D eigenvalue weighted by Crippen LogP contribution is -2.35. The smallest absolute Gasteiger partial charge is 0.407 e. The van der Waals surface area contributed by atoms with E-state index in [2.05, 4.69) is 26.3 Å². The van der Waals surface area contributed by atoms with Crippen LogP contribution in [0.2, 0.25) is 0 Å². The summed E-state index contributed by atoms with van der Waals surface area (Å²) in [5.74, 6) is 0. The van der Waals surface area contributed by atoms with Gasteiger partial charge in [0.05, 0.1) is 12.2 Å². The van der Waals surface area contributed by atoms with Crippen LogP contribution in [0.4, 0.5) is 13.6 Å². The molecule has 0 aliphatic carbocycles. The Labute approximate surface area is 162 Å². The van der Waals surface area contributed by atoms with Gasteiger partial charge in [-0.2, -0.15) is 13.9 Å². The Morgan fingerprint density at radius 2 is 2.04 bits per heavy atom. The maximum Gasteiger partial charge on any atom is 0.407 e. The number of benzene rings is 1. The van der Waals surface area contributed by atoms with E-state index in [4.69, 9.17) is 4.74 Å². The number of nitrogens with zero attached hydrogens (tertiary/aromatic N) is 3. The van der Waals surface area contributed by atoms with E-state index in [0.29, 0.717) is 5.69 Å². The largest absolute Gasteiger partial charge is 0.444 e. The summed E-state index contributed by atoms with van der Waals surface area (Å²) in [6.45, 7) is 4.05. The minimum atomic E-state index is -1.99. The Balaban J connectivity index is 2.13. The van der Waals surface area contributed by atoms with Crippen LogP contribution in [0.1, 0.15) is 20.8 Å². The number of aromatic nitrogens is 3. The van der Waals surface area contributed by atoms with Crippen LogP contribution in [0.3, 0.4) is 0 Å². The molecule has 0 fully saturated rings. The van der Waals surface area contributed by atoms with Crippen molar-refractivity contribution in [3.8, 4) is 5.69 Å².